The van der Waals surface area contributed by atoms with E-state index in [-0.39, 0.29) is 11.8 Å². The highest BCUT2D eigenvalue weighted by atomic mass is 35.5. The molecule has 3 nitrogen and oxygen atoms in total. The van der Waals surface area contributed by atoms with Crippen LogP contribution in [-0.4, -0.2) is 12.5 Å². The van der Waals surface area contributed by atoms with Gasteiger partial charge in [0, 0.05) is 17.3 Å². The fourth-order valence-corrected chi connectivity index (χ4v) is 1.71. The molecule has 1 heterocycles. The maximum Gasteiger partial charge on any atom is 0.233 e. The van der Waals surface area contributed by atoms with Crippen molar-refractivity contribution in [2.75, 3.05) is 11.9 Å². The number of hydrogen-bond donors (Lipinski definition) is 2. The minimum Gasteiger partial charge on any atom is -0.329 e. The Bertz CT molecular complexity index is 365. The fraction of sp³-hybridized carbons (Fsp3) is 0.222. The SMILES string of the molecule is NCC1C(=O)Nc2ccc(Cl)cc21. The second kappa shape index (κ2) is 3.01. The number of benzene rings is 1. The Labute approximate surface area is 80.9 Å². The second-order valence-electron chi connectivity index (χ2n) is 3.01. The lowest BCUT2D eigenvalue weighted by atomic mass is 10.0. The van der Waals surface area contributed by atoms with Crippen LogP contribution in [0.15, 0.2) is 18.2 Å². The Hall–Kier alpha value is -1.06. The van der Waals surface area contributed by atoms with Gasteiger partial charge in [0.2, 0.25) is 5.91 Å². The van der Waals surface area contributed by atoms with Crippen molar-refractivity contribution in [1.82, 2.24) is 0 Å². The van der Waals surface area contributed by atoms with Crippen molar-refractivity contribution >= 4 is 23.2 Å². The van der Waals surface area contributed by atoms with Gasteiger partial charge >= 0.3 is 0 Å². The molecule has 1 aliphatic heterocycles. The van der Waals surface area contributed by atoms with E-state index in [0.717, 1.165) is 11.3 Å². The number of nitrogens with one attached hydrogen (secondary N) is 1. The molecule has 0 radical (unpaired) electrons. The molecule has 0 spiro atoms. The molecule has 0 aromatic heterocycles. The number of amides is 1. The molecule has 0 aliphatic carbocycles. The van der Waals surface area contributed by atoms with Crippen LogP contribution in [0.4, 0.5) is 5.69 Å². The summed E-state index contributed by atoms with van der Waals surface area (Å²) in [6.45, 7) is 0.319. The smallest absolute Gasteiger partial charge is 0.233 e. The summed E-state index contributed by atoms with van der Waals surface area (Å²) in [6.07, 6.45) is 0. The Morgan fingerprint density at radius 3 is 3.00 bits per heavy atom. The first-order chi connectivity index (χ1) is 6.22. The summed E-state index contributed by atoms with van der Waals surface area (Å²) >= 11 is 5.81. The highest BCUT2D eigenvalue weighted by molar-refractivity contribution is 6.31. The van der Waals surface area contributed by atoms with E-state index in [9.17, 15) is 4.79 Å². The normalized spacial score (nSPS) is 19.8. The summed E-state index contributed by atoms with van der Waals surface area (Å²) < 4.78 is 0. The van der Waals surface area contributed by atoms with Crippen molar-refractivity contribution in [3.8, 4) is 0 Å². The van der Waals surface area contributed by atoms with Gasteiger partial charge in [-0.1, -0.05) is 11.6 Å². The van der Waals surface area contributed by atoms with Crippen LogP contribution in [-0.2, 0) is 4.79 Å². The molecular formula is C9H9ClN2O. The molecule has 0 bridgehead atoms. The number of halogens is 1. The zero-order valence-corrected chi connectivity index (χ0v) is 7.64. The molecule has 4 heteroatoms. The van der Waals surface area contributed by atoms with Crippen LogP contribution < -0.4 is 11.1 Å². The average Bonchev–Trinajstić information content (AvgIpc) is 2.40. The van der Waals surface area contributed by atoms with Crippen LogP contribution in [0.3, 0.4) is 0 Å². The van der Waals surface area contributed by atoms with Crippen LogP contribution in [0.5, 0.6) is 0 Å². The van der Waals surface area contributed by atoms with Crippen LogP contribution in [0, 0.1) is 0 Å². The quantitative estimate of drug-likeness (QED) is 0.712. The molecule has 68 valence electrons. The molecule has 0 saturated carbocycles. The summed E-state index contributed by atoms with van der Waals surface area (Å²) in [5.41, 5.74) is 7.21. The van der Waals surface area contributed by atoms with Gasteiger partial charge < -0.3 is 11.1 Å². The molecule has 1 atom stereocenters. The van der Waals surface area contributed by atoms with Crippen LogP contribution in [0.25, 0.3) is 0 Å². The predicted octanol–water partition coefficient (Wildman–Crippen LogP) is 1.33. The monoisotopic (exact) mass is 196 g/mol. The van der Waals surface area contributed by atoms with E-state index in [1.54, 1.807) is 18.2 Å². The Kier molecular flexibility index (Phi) is 1.98. The summed E-state index contributed by atoms with van der Waals surface area (Å²) in [4.78, 5) is 11.3. The first-order valence-corrected chi connectivity index (χ1v) is 4.40. The van der Waals surface area contributed by atoms with Crippen LogP contribution >= 0.6 is 11.6 Å². The minimum atomic E-state index is -0.242. The molecule has 0 saturated heterocycles. The van der Waals surface area contributed by atoms with E-state index < -0.39 is 0 Å². The first kappa shape index (κ1) is 8.53. The van der Waals surface area contributed by atoms with E-state index in [1.165, 1.54) is 0 Å². The van der Waals surface area contributed by atoms with Gasteiger partial charge in [-0.3, -0.25) is 4.79 Å². The number of hydrogen-bond acceptors (Lipinski definition) is 2. The molecule has 0 fully saturated rings. The van der Waals surface area contributed by atoms with E-state index in [0.29, 0.717) is 11.6 Å². The standard InChI is InChI=1S/C9H9ClN2O/c10-5-1-2-8-6(3-5)7(4-11)9(13)12-8/h1-3,7H,4,11H2,(H,12,13). The molecule has 13 heavy (non-hydrogen) atoms. The highest BCUT2D eigenvalue weighted by Crippen LogP contribution is 2.33. The van der Waals surface area contributed by atoms with Gasteiger partial charge in [0.05, 0.1) is 5.92 Å². The van der Waals surface area contributed by atoms with Gasteiger partial charge in [-0.05, 0) is 23.8 Å². The topological polar surface area (TPSA) is 55.1 Å². The maximum absolute atomic E-state index is 11.3. The molecule has 1 aliphatic rings. The Balaban J connectivity index is 2.50. The first-order valence-electron chi connectivity index (χ1n) is 4.02. The van der Waals surface area contributed by atoms with E-state index in [4.69, 9.17) is 17.3 Å². The highest BCUT2D eigenvalue weighted by Gasteiger charge is 2.28. The number of carbonyl (C=O) groups is 1. The van der Waals surface area contributed by atoms with Gasteiger partial charge in [-0.25, -0.2) is 0 Å². The van der Waals surface area contributed by atoms with Crippen molar-refractivity contribution in [3.05, 3.63) is 28.8 Å². The molecule has 2 rings (SSSR count). The summed E-state index contributed by atoms with van der Waals surface area (Å²) in [5.74, 6) is -0.284. The third kappa shape index (κ3) is 1.30. The third-order valence-corrected chi connectivity index (χ3v) is 2.43. The van der Waals surface area contributed by atoms with Gasteiger partial charge in [0.15, 0.2) is 0 Å². The molecule has 1 aromatic carbocycles. The summed E-state index contributed by atoms with van der Waals surface area (Å²) in [5, 5.41) is 3.38. The third-order valence-electron chi connectivity index (χ3n) is 2.20. The van der Waals surface area contributed by atoms with Gasteiger partial charge in [-0.15, -0.1) is 0 Å². The van der Waals surface area contributed by atoms with Gasteiger partial charge in [0.25, 0.3) is 0 Å². The number of fused-ring (bicyclic) bond motifs is 1. The second-order valence-corrected chi connectivity index (χ2v) is 3.45. The number of rotatable bonds is 1. The summed E-state index contributed by atoms with van der Waals surface area (Å²) in [6, 6.07) is 5.33. The molecule has 1 unspecified atom stereocenters. The molecule has 1 aromatic rings. The summed E-state index contributed by atoms with van der Waals surface area (Å²) in [7, 11) is 0. The van der Waals surface area contributed by atoms with Crippen molar-refractivity contribution in [1.29, 1.82) is 0 Å². The lowest BCUT2D eigenvalue weighted by molar-refractivity contribution is -0.116. The zero-order chi connectivity index (χ0) is 9.42. The molecule has 3 N–H and O–H groups in total. The van der Waals surface area contributed by atoms with Gasteiger partial charge in [-0.2, -0.15) is 0 Å². The minimum absolute atomic E-state index is 0.0419. The molecule has 1 amide bonds. The van der Waals surface area contributed by atoms with Crippen LogP contribution in [0.1, 0.15) is 11.5 Å². The van der Waals surface area contributed by atoms with Crippen molar-refractivity contribution in [3.63, 3.8) is 0 Å². The lowest BCUT2D eigenvalue weighted by Crippen LogP contribution is -2.20. The van der Waals surface area contributed by atoms with E-state index in [1.807, 2.05) is 0 Å². The zero-order valence-electron chi connectivity index (χ0n) is 6.88. The average molecular weight is 197 g/mol. The predicted molar refractivity (Wildman–Crippen MR) is 51.9 cm³/mol. The maximum atomic E-state index is 11.3. The number of anilines is 1. The van der Waals surface area contributed by atoms with Crippen molar-refractivity contribution in [2.24, 2.45) is 5.73 Å². The van der Waals surface area contributed by atoms with Crippen molar-refractivity contribution < 1.29 is 4.79 Å². The Morgan fingerprint density at radius 2 is 2.31 bits per heavy atom. The number of carbonyl (C=O) groups excluding carboxylic acids is 1. The van der Waals surface area contributed by atoms with Gasteiger partial charge in [0.1, 0.15) is 0 Å². The van der Waals surface area contributed by atoms with Crippen molar-refractivity contribution in [2.45, 2.75) is 5.92 Å². The Morgan fingerprint density at radius 1 is 1.54 bits per heavy atom. The van der Waals surface area contributed by atoms with E-state index >= 15 is 0 Å². The molecular weight excluding hydrogens is 188 g/mol. The largest absolute Gasteiger partial charge is 0.329 e. The van der Waals surface area contributed by atoms with Crippen LogP contribution in [0.2, 0.25) is 5.02 Å². The van der Waals surface area contributed by atoms with E-state index in [2.05, 4.69) is 5.32 Å². The lowest BCUT2D eigenvalue weighted by Gasteiger charge is -2.03. The fourth-order valence-electron chi connectivity index (χ4n) is 1.53. The number of nitrogens with two attached hydrogens (primary N) is 1.